The van der Waals surface area contributed by atoms with Gasteiger partial charge in [0.05, 0.1) is 16.8 Å². The molecule has 0 fully saturated rings. The second-order valence-electron chi connectivity index (χ2n) is 8.64. The van der Waals surface area contributed by atoms with Gasteiger partial charge in [0.25, 0.3) is 15.9 Å². The van der Waals surface area contributed by atoms with Gasteiger partial charge in [-0.25, -0.2) is 13.8 Å². The van der Waals surface area contributed by atoms with E-state index in [1.165, 1.54) is 18.3 Å². The Hall–Kier alpha value is -3.59. The van der Waals surface area contributed by atoms with Gasteiger partial charge >= 0.3 is 0 Å². The van der Waals surface area contributed by atoms with Gasteiger partial charge in [-0.05, 0) is 74.9 Å². The molecule has 4 aromatic rings. The van der Waals surface area contributed by atoms with Crippen LogP contribution in [0.2, 0.25) is 10.0 Å². The number of aromatic nitrogens is 1. The molecular weight excluding hydrogens is 543 g/mol. The second-order valence-corrected chi connectivity index (χ2v) is 11.3. The average Bonchev–Trinajstić information content (AvgIpc) is 3.17. The first-order valence-corrected chi connectivity index (χ1v) is 13.9. The van der Waals surface area contributed by atoms with E-state index in [9.17, 15) is 13.2 Å². The summed E-state index contributed by atoms with van der Waals surface area (Å²) < 4.78 is 30.1. The predicted molar refractivity (Wildman–Crippen MR) is 153 cm³/mol. The van der Waals surface area contributed by atoms with E-state index >= 15 is 0 Å². The SMILES string of the molecule is Cc1c(Cl)cccc1N(CC(=O)N/N=C\c1cc(C)n(-c2cccc(Cl)c2)c1C)S(=O)(=O)c1ccccc1. The van der Waals surface area contributed by atoms with Crippen LogP contribution in [0.3, 0.4) is 0 Å². The molecule has 1 aromatic heterocycles. The van der Waals surface area contributed by atoms with E-state index in [-0.39, 0.29) is 4.90 Å². The molecule has 0 saturated carbocycles. The number of benzene rings is 3. The van der Waals surface area contributed by atoms with Gasteiger partial charge in [0, 0.05) is 32.7 Å². The summed E-state index contributed by atoms with van der Waals surface area (Å²) in [6, 6.07) is 22.3. The van der Waals surface area contributed by atoms with Crippen LogP contribution >= 0.6 is 23.2 Å². The van der Waals surface area contributed by atoms with Crippen LogP contribution in [0.15, 0.2) is 88.9 Å². The van der Waals surface area contributed by atoms with Crippen molar-refractivity contribution in [3.05, 3.63) is 111 Å². The van der Waals surface area contributed by atoms with Gasteiger partial charge in [-0.15, -0.1) is 0 Å². The van der Waals surface area contributed by atoms with Crippen LogP contribution in [0.25, 0.3) is 5.69 Å². The molecule has 0 radical (unpaired) electrons. The minimum absolute atomic E-state index is 0.0594. The number of carbonyl (C=O) groups is 1. The lowest BCUT2D eigenvalue weighted by Crippen LogP contribution is -2.40. The van der Waals surface area contributed by atoms with Crippen molar-refractivity contribution in [2.45, 2.75) is 25.7 Å². The summed E-state index contributed by atoms with van der Waals surface area (Å²) in [5.41, 5.74) is 6.89. The number of nitrogens with one attached hydrogen (secondary N) is 1. The van der Waals surface area contributed by atoms with Crippen LogP contribution in [-0.2, 0) is 14.8 Å². The number of carbonyl (C=O) groups excluding carboxylic acids is 1. The maximum atomic E-state index is 13.5. The van der Waals surface area contributed by atoms with Gasteiger partial charge in [0.2, 0.25) is 0 Å². The molecule has 1 N–H and O–H groups in total. The standard InChI is InChI=1S/C28H26Cl2N4O3S/c1-19-15-22(21(3)34(19)24-10-7-9-23(29)16-24)17-31-32-28(35)18-33(27-14-8-13-26(30)20(27)2)38(36,37)25-11-5-4-6-12-25/h4-17H,18H2,1-3H3,(H,32,35)/b31-17-. The van der Waals surface area contributed by atoms with Gasteiger partial charge in [-0.2, -0.15) is 5.10 Å². The molecule has 38 heavy (non-hydrogen) atoms. The summed E-state index contributed by atoms with van der Waals surface area (Å²) in [6.07, 6.45) is 1.53. The zero-order valence-electron chi connectivity index (χ0n) is 21.0. The van der Waals surface area contributed by atoms with E-state index in [1.54, 1.807) is 43.3 Å². The zero-order valence-corrected chi connectivity index (χ0v) is 23.3. The fourth-order valence-corrected chi connectivity index (χ4v) is 6.01. The minimum Gasteiger partial charge on any atom is -0.318 e. The van der Waals surface area contributed by atoms with Gasteiger partial charge < -0.3 is 4.57 Å². The van der Waals surface area contributed by atoms with Crippen LogP contribution in [0.1, 0.15) is 22.5 Å². The molecular formula is C28H26Cl2N4O3S. The molecule has 1 heterocycles. The highest BCUT2D eigenvalue weighted by atomic mass is 35.5. The van der Waals surface area contributed by atoms with Crippen molar-refractivity contribution in [2.75, 3.05) is 10.8 Å². The number of halogens is 2. The topological polar surface area (TPSA) is 83.8 Å². The molecule has 0 spiro atoms. The first-order valence-electron chi connectivity index (χ1n) is 11.7. The molecule has 10 heteroatoms. The molecule has 3 aromatic carbocycles. The number of aryl methyl sites for hydroxylation is 1. The minimum atomic E-state index is -4.06. The summed E-state index contributed by atoms with van der Waals surface area (Å²) in [5, 5.41) is 5.12. The normalized spacial score (nSPS) is 11.6. The average molecular weight is 570 g/mol. The summed E-state index contributed by atoms with van der Waals surface area (Å²) in [5.74, 6) is -0.608. The summed E-state index contributed by atoms with van der Waals surface area (Å²) >= 11 is 12.4. The summed E-state index contributed by atoms with van der Waals surface area (Å²) in [4.78, 5) is 13.0. The predicted octanol–water partition coefficient (Wildman–Crippen LogP) is 6.05. The highest BCUT2D eigenvalue weighted by molar-refractivity contribution is 7.92. The number of anilines is 1. The second kappa shape index (κ2) is 11.4. The van der Waals surface area contributed by atoms with Crippen molar-refractivity contribution in [1.82, 2.24) is 9.99 Å². The Morgan fingerprint density at radius 3 is 2.39 bits per heavy atom. The number of amides is 1. The van der Waals surface area contributed by atoms with Crippen molar-refractivity contribution < 1.29 is 13.2 Å². The fourth-order valence-electron chi connectivity index (χ4n) is 4.16. The van der Waals surface area contributed by atoms with Crippen LogP contribution in [0.4, 0.5) is 5.69 Å². The van der Waals surface area contributed by atoms with Crippen LogP contribution < -0.4 is 9.73 Å². The lowest BCUT2D eigenvalue weighted by molar-refractivity contribution is -0.119. The number of rotatable bonds is 8. The number of hydrazone groups is 1. The Labute approximate surface area is 232 Å². The van der Waals surface area contributed by atoms with Crippen molar-refractivity contribution in [3.63, 3.8) is 0 Å². The van der Waals surface area contributed by atoms with E-state index in [1.807, 2.05) is 48.7 Å². The molecule has 0 aliphatic rings. The van der Waals surface area contributed by atoms with Crippen molar-refractivity contribution in [3.8, 4) is 5.69 Å². The Bertz CT molecular complexity index is 1620. The van der Waals surface area contributed by atoms with Crippen molar-refractivity contribution >= 4 is 51.0 Å². The van der Waals surface area contributed by atoms with Crippen molar-refractivity contribution in [1.29, 1.82) is 0 Å². The summed E-state index contributed by atoms with van der Waals surface area (Å²) in [6.45, 7) is 5.12. The lowest BCUT2D eigenvalue weighted by atomic mass is 10.2. The molecule has 196 valence electrons. The van der Waals surface area contributed by atoms with Crippen LogP contribution in [0.5, 0.6) is 0 Å². The largest absolute Gasteiger partial charge is 0.318 e. The molecule has 0 saturated heterocycles. The first-order chi connectivity index (χ1) is 18.1. The Balaban J connectivity index is 1.58. The first kappa shape index (κ1) is 27.4. The molecule has 0 aliphatic carbocycles. The number of nitrogens with zero attached hydrogens (tertiary/aromatic N) is 3. The molecule has 0 aliphatic heterocycles. The summed E-state index contributed by atoms with van der Waals surface area (Å²) in [7, 11) is -4.06. The molecule has 0 atom stereocenters. The highest BCUT2D eigenvalue weighted by Crippen LogP contribution is 2.30. The van der Waals surface area contributed by atoms with E-state index in [4.69, 9.17) is 23.2 Å². The van der Waals surface area contributed by atoms with E-state index in [2.05, 4.69) is 10.5 Å². The number of hydrogen-bond donors (Lipinski definition) is 1. The zero-order chi connectivity index (χ0) is 27.4. The van der Waals surface area contributed by atoms with Gasteiger partial charge in [-0.3, -0.25) is 9.10 Å². The van der Waals surface area contributed by atoms with Crippen molar-refractivity contribution in [2.24, 2.45) is 5.10 Å². The molecule has 4 rings (SSSR count). The molecule has 0 unspecified atom stereocenters. The van der Waals surface area contributed by atoms with Gasteiger partial charge in [-0.1, -0.05) is 53.5 Å². The Kier molecular flexibility index (Phi) is 8.26. The van der Waals surface area contributed by atoms with Gasteiger partial charge in [0.15, 0.2) is 0 Å². The maximum Gasteiger partial charge on any atom is 0.264 e. The molecule has 0 bridgehead atoms. The third-order valence-corrected chi connectivity index (χ3v) is 8.47. The maximum absolute atomic E-state index is 13.5. The third-order valence-electron chi connectivity index (χ3n) is 6.06. The number of sulfonamides is 1. The van der Waals surface area contributed by atoms with Crippen LogP contribution in [0, 0.1) is 20.8 Å². The van der Waals surface area contributed by atoms with E-state index < -0.39 is 22.5 Å². The van der Waals surface area contributed by atoms with Crippen LogP contribution in [-0.4, -0.2) is 31.7 Å². The molecule has 7 nitrogen and oxygen atoms in total. The van der Waals surface area contributed by atoms with Gasteiger partial charge in [0.1, 0.15) is 6.54 Å². The fraction of sp³-hybridized carbons (Fsp3) is 0.143. The third kappa shape index (κ3) is 5.78. The quantitative estimate of drug-likeness (QED) is 0.207. The Morgan fingerprint density at radius 2 is 1.68 bits per heavy atom. The Morgan fingerprint density at radius 1 is 0.974 bits per heavy atom. The lowest BCUT2D eigenvalue weighted by Gasteiger charge is -2.25. The molecule has 1 amide bonds. The smallest absolute Gasteiger partial charge is 0.264 e. The van der Waals surface area contributed by atoms with E-state index in [0.717, 1.165) is 26.9 Å². The number of hydrogen-bond acceptors (Lipinski definition) is 4. The van der Waals surface area contributed by atoms with E-state index in [0.29, 0.717) is 21.3 Å². The monoisotopic (exact) mass is 568 g/mol. The highest BCUT2D eigenvalue weighted by Gasteiger charge is 2.28.